The van der Waals surface area contributed by atoms with Crippen molar-refractivity contribution in [3.05, 3.63) is 35.6 Å². The molecule has 1 heterocycles. The van der Waals surface area contributed by atoms with E-state index in [1.165, 1.54) is 18.9 Å². The summed E-state index contributed by atoms with van der Waals surface area (Å²) in [5.74, 6) is 0.616. The van der Waals surface area contributed by atoms with E-state index in [0.29, 0.717) is 18.2 Å². The third-order valence-corrected chi connectivity index (χ3v) is 4.78. The van der Waals surface area contributed by atoms with Gasteiger partial charge < -0.3 is 10.6 Å². The van der Waals surface area contributed by atoms with Crippen LogP contribution in [0.2, 0.25) is 0 Å². The predicted molar refractivity (Wildman–Crippen MR) is 95.7 cm³/mol. The van der Waals surface area contributed by atoms with Crippen LogP contribution in [-0.4, -0.2) is 43.0 Å². The lowest BCUT2D eigenvalue weighted by atomic mass is 10.0. The van der Waals surface area contributed by atoms with Gasteiger partial charge in [0.1, 0.15) is 5.82 Å². The van der Waals surface area contributed by atoms with Crippen molar-refractivity contribution in [1.29, 1.82) is 0 Å². The van der Waals surface area contributed by atoms with Crippen LogP contribution < -0.4 is 10.6 Å². The third kappa shape index (κ3) is 6.04. The predicted octanol–water partition coefficient (Wildman–Crippen LogP) is 2.33. The van der Waals surface area contributed by atoms with Crippen LogP contribution in [0, 0.1) is 11.7 Å². The van der Waals surface area contributed by atoms with Crippen molar-refractivity contribution in [1.82, 2.24) is 15.5 Å². The Morgan fingerprint density at radius 2 is 1.88 bits per heavy atom. The average molecular weight is 356 g/mol. The van der Waals surface area contributed by atoms with Crippen molar-refractivity contribution in [2.24, 2.45) is 5.92 Å². The Morgan fingerprint density at radius 3 is 2.54 bits per heavy atom. The molecule has 1 aromatic rings. The number of halogens is 2. The van der Waals surface area contributed by atoms with Crippen LogP contribution in [0.5, 0.6) is 0 Å². The Bertz CT molecular complexity index is 531. The SMILES string of the molecule is Cl.O=C(CN1CCC(NCC2CC2)CC1)NCc1ccccc1F. The number of likely N-dealkylation sites (tertiary alicyclic amines) is 1. The van der Waals surface area contributed by atoms with Crippen LogP contribution in [0.3, 0.4) is 0 Å². The molecule has 2 N–H and O–H groups in total. The number of nitrogens with zero attached hydrogens (tertiary/aromatic N) is 1. The van der Waals surface area contributed by atoms with Gasteiger partial charge in [0, 0.05) is 31.2 Å². The number of hydrogen-bond donors (Lipinski definition) is 2. The first kappa shape index (κ1) is 19.2. The Morgan fingerprint density at radius 1 is 1.17 bits per heavy atom. The largest absolute Gasteiger partial charge is 0.351 e. The summed E-state index contributed by atoms with van der Waals surface area (Å²) in [4.78, 5) is 14.2. The summed E-state index contributed by atoms with van der Waals surface area (Å²) >= 11 is 0. The van der Waals surface area contributed by atoms with Gasteiger partial charge in [0.15, 0.2) is 0 Å². The molecule has 0 unspecified atom stereocenters. The highest BCUT2D eigenvalue weighted by Crippen LogP contribution is 2.28. The van der Waals surface area contributed by atoms with Gasteiger partial charge in [0.2, 0.25) is 5.91 Å². The van der Waals surface area contributed by atoms with Crippen molar-refractivity contribution in [3.63, 3.8) is 0 Å². The van der Waals surface area contributed by atoms with E-state index >= 15 is 0 Å². The van der Waals surface area contributed by atoms with Gasteiger partial charge in [-0.15, -0.1) is 12.4 Å². The highest BCUT2D eigenvalue weighted by atomic mass is 35.5. The molecule has 134 valence electrons. The molecule has 1 aromatic carbocycles. The number of amides is 1. The van der Waals surface area contributed by atoms with Crippen molar-refractivity contribution in [2.75, 3.05) is 26.2 Å². The van der Waals surface area contributed by atoms with Gasteiger partial charge in [0.05, 0.1) is 6.54 Å². The second-order valence-corrected chi connectivity index (χ2v) is 6.77. The normalized spacial score (nSPS) is 18.9. The number of carbonyl (C=O) groups is 1. The van der Waals surface area contributed by atoms with Gasteiger partial charge >= 0.3 is 0 Å². The maximum atomic E-state index is 13.5. The Kier molecular flexibility index (Phi) is 7.46. The van der Waals surface area contributed by atoms with Crippen LogP contribution in [0.25, 0.3) is 0 Å². The molecule has 0 bridgehead atoms. The van der Waals surface area contributed by atoms with E-state index in [1.54, 1.807) is 18.2 Å². The first-order chi connectivity index (χ1) is 11.2. The first-order valence-corrected chi connectivity index (χ1v) is 8.66. The fourth-order valence-corrected chi connectivity index (χ4v) is 3.05. The molecule has 0 radical (unpaired) electrons. The molecule has 3 rings (SSSR count). The van der Waals surface area contributed by atoms with Crippen LogP contribution >= 0.6 is 12.4 Å². The fourth-order valence-electron chi connectivity index (χ4n) is 3.05. The topological polar surface area (TPSA) is 44.4 Å². The lowest BCUT2D eigenvalue weighted by molar-refractivity contribution is -0.122. The number of hydrogen-bond acceptors (Lipinski definition) is 3. The molecule has 0 atom stereocenters. The van der Waals surface area contributed by atoms with E-state index in [2.05, 4.69) is 15.5 Å². The van der Waals surface area contributed by atoms with Crippen LogP contribution in [0.4, 0.5) is 4.39 Å². The van der Waals surface area contributed by atoms with Crippen LogP contribution in [0.15, 0.2) is 24.3 Å². The Labute approximate surface area is 149 Å². The maximum absolute atomic E-state index is 13.5. The number of carbonyl (C=O) groups excluding carboxylic acids is 1. The first-order valence-electron chi connectivity index (χ1n) is 8.66. The van der Waals surface area contributed by atoms with E-state index in [0.717, 1.165) is 38.4 Å². The molecule has 1 aliphatic carbocycles. The monoisotopic (exact) mass is 355 g/mol. The maximum Gasteiger partial charge on any atom is 0.234 e. The van der Waals surface area contributed by atoms with Crippen LogP contribution in [-0.2, 0) is 11.3 Å². The number of rotatable bonds is 7. The second-order valence-electron chi connectivity index (χ2n) is 6.77. The fraction of sp³-hybridized carbons (Fsp3) is 0.611. The van der Waals surface area contributed by atoms with E-state index in [1.807, 2.05) is 0 Å². The van der Waals surface area contributed by atoms with Gasteiger partial charge in [-0.05, 0) is 44.2 Å². The number of benzene rings is 1. The molecule has 1 amide bonds. The summed E-state index contributed by atoms with van der Waals surface area (Å²) < 4.78 is 13.5. The number of nitrogens with one attached hydrogen (secondary N) is 2. The zero-order valence-electron chi connectivity index (χ0n) is 14.0. The van der Waals surface area contributed by atoms with E-state index in [4.69, 9.17) is 0 Å². The smallest absolute Gasteiger partial charge is 0.234 e. The molecule has 0 spiro atoms. The summed E-state index contributed by atoms with van der Waals surface area (Å²) in [7, 11) is 0. The molecule has 4 nitrogen and oxygen atoms in total. The van der Waals surface area contributed by atoms with Gasteiger partial charge in [0.25, 0.3) is 0 Å². The summed E-state index contributed by atoms with van der Waals surface area (Å²) in [6.07, 6.45) is 4.97. The molecule has 1 saturated heterocycles. The molecule has 1 saturated carbocycles. The van der Waals surface area contributed by atoms with Crippen molar-refractivity contribution in [3.8, 4) is 0 Å². The van der Waals surface area contributed by atoms with Gasteiger partial charge in [-0.3, -0.25) is 9.69 Å². The second kappa shape index (κ2) is 9.35. The standard InChI is InChI=1S/C18H26FN3O.ClH/c19-17-4-2-1-3-15(17)12-21-18(23)13-22-9-7-16(8-10-22)20-11-14-5-6-14;/h1-4,14,16,20H,5-13H2,(H,21,23);1H. The minimum Gasteiger partial charge on any atom is -0.351 e. The summed E-state index contributed by atoms with van der Waals surface area (Å²) in [6, 6.07) is 7.16. The molecular formula is C18H27ClFN3O. The number of piperidine rings is 1. The third-order valence-electron chi connectivity index (χ3n) is 4.78. The molecule has 2 aliphatic rings. The molecule has 6 heteroatoms. The molecule has 2 fully saturated rings. The lowest BCUT2D eigenvalue weighted by Crippen LogP contribution is -2.46. The molecular weight excluding hydrogens is 329 g/mol. The minimum absolute atomic E-state index is 0. The Balaban J connectivity index is 0.00000208. The molecule has 24 heavy (non-hydrogen) atoms. The minimum atomic E-state index is -0.268. The van der Waals surface area contributed by atoms with Gasteiger partial charge in [-0.2, -0.15) is 0 Å². The highest BCUT2D eigenvalue weighted by molar-refractivity contribution is 5.85. The van der Waals surface area contributed by atoms with Gasteiger partial charge in [-0.1, -0.05) is 18.2 Å². The average Bonchev–Trinajstić information content (AvgIpc) is 3.38. The molecule has 0 aromatic heterocycles. The quantitative estimate of drug-likeness (QED) is 0.789. The zero-order chi connectivity index (χ0) is 16.1. The van der Waals surface area contributed by atoms with E-state index < -0.39 is 0 Å². The zero-order valence-corrected chi connectivity index (χ0v) is 14.8. The summed E-state index contributed by atoms with van der Waals surface area (Å²) in [5.41, 5.74) is 0.531. The molecule has 1 aliphatic heterocycles. The summed E-state index contributed by atoms with van der Waals surface area (Å²) in [6.45, 7) is 3.73. The lowest BCUT2D eigenvalue weighted by Gasteiger charge is -2.32. The van der Waals surface area contributed by atoms with E-state index in [9.17, 15) is 9.18 Å². The van der Waals surface area contributed by atoms with Crippen molar-refractivity contribution < 1.29 is 9.18 Å². The van der Waals surface area contributed by atoms with Crippen LogP contribution in [0.1, 0.15) is 31.2 Å². The Hall–Kier alpha value is -1.17. The highest BCUT2D eigenvalue weighted by Gasteiger charge is 2.24. The van der Waals surface area contributed by atoms with Gasteiger partial charge in [-0.25, -0.2) is 4.39 Å². The summed E-state index contributed by atoms with van der Waals surface area (Å²) in [5, 5.41) is 6.45. The van der Waals surface area contributed by atoms with E-state index in [-0.39, 0.29) is 30.7 Å². The van der Waals surface area contributed by atoms with Crippen molar-refractivity contribution >= 4 is 18.3 Å². The van der Waals surface area contributed by atoms with Crippen molar-refractivity contribution in [2.45, 2.75) is 38.3 Å².